The van der Waals surface area contributed by atoms with Gasteiger partial charge in [0.2, 0.25) is 0 Å². The molecule has 0 aliphatic heterocycles. The van der Waals surface area contributed by atoms with Crippen LogP contribution in [-0.4, -0.2) is 17.0 Å². The van der Waals surface area contributed by atoms with Gasteiger partial charge >= 0.3 is 5.97 Å². The molecule has 3 fully saturated rings. The molecule has 5 heteroatoms. The van der Waals surface area contributed by atoms with Gasteiger partial charge in [-0.25, -0.2) is 4.79 Å². The van der Waals surface area contributed by atoms with E-state index in [9.17, 15) is 14.9 Å². The molecule has 0 radical (unpaired) electrons. The van der Waals surface area contributed by atoms with E-state index in [-0.39, 0.29) is 22.8 Å². The second-order valence-electron chi connectivity index (χ2n) is 14.4. The van der Waals surface area contributed by atoms with E-state index >= 15 is 0 Å². The van der Waals surface area contributed by atoms with Crippen LogP contribution in [0.15, 0.2) is 35.9 Å². The number of hydrogen-bond acceptors (Lipinski definition) is 4. The van der Waals surface area contributed by atoms with Gasteiger partial charge in [0.1, 0.15) is 6.10 Å². The summed E-state index contributed by atoms with van der Waals surface area (Å²) in [6.07, 6.45) is 15.9. The fourth-order valence-corrected chi connectivity index (χ4v) is 9.72. The highest BCUT2D eigenvalue weighted by atomic mass is 16.6. The SMILES string of the molecule is CC(C)CCC[C@@H](C)[C@@H]1CC[C@@H]2[C@H]3CC=C4C[C@@H](OC(=O)c5cccc([N+](=O)[O-])c5)CC[C@]4(C)[C@@H]3CC[C@]21C. The molecule has 0 heterocycles. The molecule has 39 heavy (non-hydrogen) atoms. The predicted octanol–water partition coefficient (Wildman–Crippen LogP) is 9.16. The lowest BCUT2D eigenvalue weighted by atomic mass is 9.47. The quantitative estimate of drug-likeness (QED) is 0.144. The molecule has 0 N–H and O–H groups in total. The van der Waals surface area contributed by atoms with Gasteiger partial charge < -0.3 is 4.74 Å². The first-order valence-electron chi connectivity index (χ1n) is 15.7. The molecule has 5 nitrogen and oxygen atoms in total. The molecule has 5 rings (SSSR count). The number of fused-ring (bicyclic) bond motifs is 5. The number of benzene rings is 1. The number of allylic oxidation sites excluding steroid dienone is 1. The van der Waals surface area contributed by atoms with Crippen LogP contribution in [0.25, 0.3) is 0 Å². The first-order chi connectivity index (χ1) is 18.5. The van der Waals surface area contributed by atoms with Crippen molar-refractivity contribution in [1.82, 2.24) is 0 Å². The summed E-state index contributed by atoms with van der Waals surface area (Å²) in [6, 6.07) is 5.87. The second-order valence-corrected chi connectivity index (χ2v) is 14.4. The third kappa shape index (κ3) is 5.32. The zero-order valence-electron chi connectivity index (χ0n) is 24.8. The summed E-state index contributed by atoms with van der Waals surface area (Å²) < 4.78 is 5.91. The number of ether oxygens (including phenoxy) is 1. The summed E-state index contributed by atoms with van der Waals surface area (Å²) in [6.45, 7) is 12.4. The maximum absolute atomic E-state index is 12.8. The van der Waals surface area contributed by atoms with E-state index in [2.05, 4.69) is 40.7 Å². The van der Waals surface area contributed by atoms with E-state index in [1.54, 1.807) is 12.1 Å². The lowest BCUT2D eigenvalue weighted by Crippen LogP contribution is -2.51. The Balaban J connectivity index is 1.25. The number of nitro groups is 1. The Labute approximate surface area is 235 Å². The van der Waals surface area contributed by atoms with Gasteiger partial charge in [-0.15, -0.1) is 0 Å². The summed E-state index contributed by atoms with van der Waals surface area (Å²) in [5.74, 6) is 4.42. The number of carbonyl (C=O) groups is 1. The van der Waals surface area contributed by atoms with Gasteiger partial charge in [-0.3, -0.25) is 10.1 Å². The van der Waals surface area contributed by atoms with Crippen LogP contribution in [0.2, 0.25) is 0 Å². The molecule has 1 aromatic carbocycles. The van der Waals surface area contributed by atoms with Gasteiger partial charge in [-0.1, -0.05) is 71.6 Å². The molecule has 0 bridgehead atoms. The molecule has 0 amide bonds. The molecule has 4 aliphatic carbocycles. The average molecular weight is 536 g/mol. The minimum Gasteiger partial charge on any atom is -0.458 e. The molecule has 8 atom stereocenters. The maximum Gasteiger partial charge on any atom is 0.338 e. The van der Waals surface area contributed by atoms with Crippen molar-refractivity contribution in [2.45, 2.75) is 111 Å². The largest absolute Gasteiger partial charge is 0.458 e. The Kier molecular flexibility index (Phi) is 8.01. The van der Waals surface area contributed by atoms with Gasteiger partial charge in [0, 0.05) is 18.6 Å². The molecule has 0 spiro atoms. The third-order valence-corrected chi connectivity index (χ3v) is 11.8. The fraction of sp³-hybridized carbons (Fsp3) is 0.735. The zero-order valence-corrected chi connectivity index (χ0v) is 24.8. The van der Waals surface area contributed by atoms with Crippen LogP contribution in [-0.2, 0) is 4.74 Å². The predicted molar refractivity (Wildman–Crippen MR) is 155 cm³/mol. The van der Waals surface area contributed by atoms with E-state index in [0.29, 0.717) is 5.41 Å². The molecule has 3 saturated carbocycles. The van der Waals surface area contributed by atoms with E-state index in [0.717, 1.165) is 54.8 Å². The Morgan fingerprint density at radius 1 is 1.08 bits per heavy atom. The highest BCUT2D eigenvalue weighted by Gasteiger charge is 2.59. The van der Waals surface area contributed by atoms with Gasteiger partial charge in [0.25, 0.3) is 5.69 Å². The Bertz CT molecular complexity index is 1110. The third-order valence-electron chi connectivity index (χ3n) is 11.8. The first kappa shape index (κ1) is 28.4. The summed E-state index contributed by atoms with van der Waals surface area (Å²) in [4.78, 5) is 23.5. The minimum atomic E-state index is -0.471. The van der Waals surface area contributed by atoms with Crippen molar-refractivity contribution in [3.05, 3.63) is 51.6 Å². The number of hydrogen-bond donors (Lipinski definition) is 0. The smallest absolute Gasteiger partial charge is 0.338 e. The van der Waals surface area contributed by atoms with Crippen LogP contribution < -0.4 is 0 Å². The molecular formula is C34H49NO4. The fourth-order valence-electron chi connectivity index (χ4n) is 9.72. The molecule has 0 aromatic heterocycles. The number of nitro benzene ring substituents is 1. The maximum atomic E-state index is 12.8. The number of non-ortho nitro benzene ring substituents is 1. The molecule has 214 valence electrons. The number of rotatable bonds is 8. The van der Waals surface area contributed by atoms with Crippen LogP contribution in [0.1, 0.15) is 116 Å². The Morgan fingerprint density at radius 3 is 2.62 bits per heavy atom. The van der Waals surface area contributed by atoms with Crippen molar-refractivity contribution in [1.29, 1.82) is 0 Å². The summed E-state index contributed by atoms with van der Waals surface area (Å²) in [5, 5.41) is 11.1. The topological polar surface area (TPSA) is 69.4 Å². The Morgan fingerprint density at radius 2 is 1.87 bits per heavy atom. The minimum absolute atomic E-state index is 0.0786. The van der Waals surface area contributed by atoms with Crippen molar-refractivity contribution in [3.8, 4) is 0 Å². The number of nitrogens with zero attached hydrogens (tertiary/aromatic N) is 1. The van der Waals surface area contributed by atoms with Crippen molar-refractivity contribution < 1.29 is 14.5 Å². The van der Waals surface area contributed by atoms with E-state index in [4.69, 9.17) is 4.74 Å². The van der Waals surface area contributed by atoms with Crippen molar-refractivity contribution in [3.63, 3.8) is 0 Å². The molecule has 4 aliphatic rings. The van der Waals surface area contributed by atoms with Gasteiger partial charge in [-0.2, -0.15) is 0 Å². The lowest BCUT2D eigenvalue weighted by Gasteiger charge is -2.58. The van der Waals surface area contributed by atoms with Crippen LogP contribution in [0.4, 0.5) is 5.69 Å². The summed E-state index contributed by atoms with van der Waals surface area (Å²) >= 11 is 0. The van der Waals surface area contributed by atoms with E-state index in [1.807, 2.05) is 0 Å². The van der Waals surface area contributed by atoms with Gasteiger partial charge in [0.15, 0.2) is 0 Å². The second kappa shape index (κ2) is 11.0. The lowest BCUT2D eigenvalue weighted by molar-refractivity contribution is -0.384. The molecule has 0 unspecified atom stereocenters. The van der Waals surface area contributed by atoms with Gasteiger partial charge in [0.05, 0.1) is 10.5 Å². The van der Waals surface area contributed by atoms with Crippen LogP contribution in [0.3, 0.4) is 0 Å². The van der Waals surface area contributed by atoms with Gasteiger partial charge in [-0.05, 0) is 97.3 Å². The van der Waals surface area contributed by atoms with Crippen LogP contribution in [0.5, 0.6) is 0 Å². The summed E-state index contributed by atoms with van der Waals surface area (Å²) in [5.41, 5.74) is 2.37. The van der Waals surface area contributed by atoms with Crippen LogP contribution in [0, 0.1) is 56.5 Å². The van der Waals surface area contributed by atoms with E-state index in [1.165, 1.54) is 69.1 Å². The van der Waals surface area contributed by atoms with Crippen molar-refractivity contribution in [2.75, 3.05) is 0 Å². The normalized spacial score (nSPS) is 36.4. The summed E-state index contributed by atoms with van der Waals surface area (Å²) in [7, 11) is 0. The number of carbonyl (C=O) groups excluding carboxylic acids is 1. The monoisotopic (exact) mass is 535 g/mol. The molecule has 1 aromatic rings. The zero-order chi connectivity index (χ0) is 27.9. The molecule has 0 saturated heterocycles. The Hall–Kier alpha value is -2.17. The van der Waals surface area contributed by atoms with Crippen molar-refractivity contribution in [2.24, 2.45) is 46.3 Å². The van der Waals surface area contributed by atoms with E-state index < -0.39 is 10.9 Å². The molecular weight excluding hydrogens is 486 g/mol. The highest BCUT2D eigenvalue weighted by molar-refractivity contribution is 5.90. The average Bonchev–Trinajstić information content (AvgIpc) is 3.26. The van der Waals surface area contributed by atoms with Crippen LogP contribution >= 0.6 is 0 Å². The highest BCUT2D eigenvalue weighted by Crippen LogP contribution is 2.67. The number of esters is 1. The standard InChI is InChI=1S/C34H49NO4/c1-22(2)8-6-9-23(3)29-14-15-30-28-13-12-25-21-27(16-18-33(25,4)31(28)17-19-34(29,30)5)39-32(36)24-10-7-11-26(20-24)35(37)38/h7,10-12,20,22-23,27-31H,6,8-9,13-19,21H2,1-5H3/t23-,27+,28-,29+,30-,31-,33+,34+/m1/s1. The van der Waals surface area contributed by atoms with Crippen molar-refractivity contribution >= 4 is 11.7 Å². The first-order valence-corrected chi connectivity index (χ1v) is 15.7.